The van der Waals surface area contributed by atoms with Crippen LogP contribution in [0.25, 0.3) is 0 Å². The Bertz CT molecular complexity index is 557. The summed E-state index contributed by atoms with van der Waals surface area (Å²) in [5.74, 6) is 0. The lowest BCUT2D eigenvalue weighted by Gasteiger charge is -2.13. The van der Waals surface area contributed by atoms with Gasteiger partial charge in [0.1, 0.15) is 0 Å². The highest BCUT2D eigenvalue weighted by atomic mass is 79.9. The summed E-state index contributed by atoms with van der Waals surface area (Å²) < 4.78 is 6.33. The summed E-state index contributed by atoms with van der Waals surface area (Å²) in [4.78, 5) is 1.29. The molecule has 106 valence electrons. The molecule has 4 heteroatoms. The van der Waals surface area contributed by atoms with Crippen LogP contribution in [0.4, 0.5) is 5.69 Å². The molecule has 2 aromatic carbocycles. The first-order chi connectivity index (χ1) is 9.74. The van der Waals surface area contributed by atoms with Gasteiger partial charge >= 0.3 is 0 Å². The molecule has 20 heavy (non-hydrogen) atoms. The fourth-order valence-electron chi connectivity index (χ4n) is 1.96. The zero-order valence-corrected chi connectivity index (χ0v) is 14.1. The van der Waals surface area contributed by atoms with Crippen molar-refractivity contribution in [1.82, 2.24) is 0 Å². The number of hydrogen-bond acceptors (Lipinski definition) is 3. The van der Waals surface area contributed by atoms with E-state index in [4.69, 9.17) is 4.74 Å². The Labute approximate surface area is 133 Å². The van der Waals surface area contributed by atoms with Gasteiger partial charge in [0.15, 0.2) is 0 Å². The number of methoxy groups -OCH3 is 1. The Morgan fingerprint density at radius 3 is 2.55 bits per heavy atom. The van der Waals surface area contributed by atoms with Gasteiger partial charge in [0.25, 0.3) is 0 Å². The Kier molecular flexibility index (Phi) is 5.95. The highest BCUT2D eigenvalue weighted by Gasteiger charge is 2.06. The van der Waals surface area contributed by atoms with Crippen molar-refractivity contribution >= 4 is 33.4 Å². The summed E-state index contributed by atoms with van der Waals surface area (Å²) in [6, 6.07) is 14.8. The van der Waals surface area contributed by atoms with Crippen LogP contribution in [0.5, 0.6) is 0 Å². The van der Waals surface area contributed by atoms with Crippen molar-refractivity contribution in [1.29, 1.82) is 0 Å². The van der Waals surface area contributed by atoms with Gasteiger partial charge in [0.05, 0.1) is 6.61 Å². The number of thioether (sulfide) groups is 1. The first-order valence-electron chi connectivity index (χ1n) is 6.37. The van der Waals surface area contributed by atoms with E-state index in [1.807, 2.05) is 12.1 Å². The molecular formula is C16H18BrNOS. The average Bonchev–Trinajstić information content (AvgIpc) is 2.48. The molecular weight excluding hydrogens is 334 g/mol. The first kappa shape index (κ1) is 15.4. The molecule has 0 aromatic heterocycles. The molecule has 0 aliphatic heterocycles. The van der Waals surface area contributed by atoms with Crippen LogP contribution in [0, 0.1) is 0 Å². The second kappa shape index (κ2) is 7.72. The van der Waals surface area contributed by atoms with E-state index in [0.29, 0.717) is 6.61 Å². The highest BCUT2D eigenvalue weighted by molar-refractivity contribution is 9.10. The lowest BCUT2D eigenvalue weighted by Crippen LogP contribution is -2.03. The molecule has 0 aliphatic rings. The van der Waals surface area contributed by atoms with E-state index >= 15 is 0 Å². The number of benzene rings is 2. The second-order valence-corrected chi connectivity index (χ2v) is 6.13. The number of rotatable bonds is 6. The Hall–Kier alpha value is -0.970. The van der Waals surface area contributed by atoms with Crippen LogP contribution in [-0.4, -0.2) is 13.4 Å². The molecule has 0 radical (unpaired) electrons. The zero-order chi connectivity index (χ0) is 14.4. The Morgan fingerprint density at radius 1 is 1.15 bits per heavy atom. The number of ether oxygens (including phenoxy) is 1. The van der Waals surface area contributed by atoms with Gasteiger partial charge in [-0.2, -0.15) is 0 Å². The maximum absolute atomic E-state index is 5.26. The molecule has 2 rings (SSSR count). The van der Waals surface area contributed by atoms with Crippen LogP contribution >= 0.6 is 27.7 Å². The normalized spacial score (nSPS) is 10.6. The molecule has 1 N–H and O–H groups in total. The van der Waals surface area contributed by atoms with Crippen molar-refractivity contribution in [2.75, 3.05) is 18.7 Å². The van der Waals surface area contributed by atoms with E-state index in [0.717, 1.165) is 22.3 Å². The van der Waals surface area contributed by atoms with Crippen molar-refractivity contribution in [3.05, 3.63) is 58.1 Å². The first-order valence-corrected chi connectivity index (χ1v) is 8.39. The van der Waals surface area contributed by atoms with Gasteiger partial charge in [-0.3, -0.25) is 0 Å². The largest absolute Gasteiger partial charge is 0.381 e. The molecule has 0 heterocycles. The van der Waals surface area contributed by atoms with Crippen molar-refractivity contribution in [2.24, 2.45) is 0 Å². The van der Waals surface area contributed by atoms with Crippen LogP contribution in [-0.2, 0) is 17.9 Å². The van der Waals surface area contributed by atoms with E-state index in [1.165, 1.54) is 10.5 Å². The third-order valence-electron chi connectivity index (χ3n) is 3.05. The van der Waals surface area contributed by atoms with Crippen molar-refractivity contribution in [2.45, 2.75) is 18.0 Å². The van der Waals surface area contributed by atoms with Gasteiger partial charge in [-0.1, -0.05) is 34.1 Å². The van der Waals surface area contributed by atoms with Gasteiger partial charge in [0.2, 0.25) is 0 Å². The second-order valence-electron chi connectivity index (χ2n) is 4.40. The molecule has 0 fully saturated rings. The molecule has 0 saturated carbocycles. The zero-order valence-electron chi connectivity index (χ0n) is 11.7. The van der Waals surface area contributed by atoms with E-state index < -0.39 is 0 Å². The minimum Gasteiger partial charge on any atom is -0.381 e. The van der Waals surface area contributed by atoms with Crippen LogP contribution in [0.3, 0.4) is 0 Å². The monoisotopic (exact) mass is 351 g/mol. The maximum Gasteiger partial charge on any atom is 0.0744 e. The summed E-state index contributed by atoms with van der Waals surface area (Å²) in [7, 11) is 1.71. The standard InChI is InChI=1S/C16H18BrNOS/c1-19-11-14-15(17)4-3-5-16(14)18-10-12-6-8-13(20-2)9-7-12/h3-9,18H,10-11H2,1-2H3. The highest BCUT2D eigenvalue weighted by Crippen LogP contribution is 2.26. The number of halogens is 1. The van der Waals surface area contributed by atoms with E-state index in [9.17, 15) is 0 Å². The number of anilines is 1. The smallest absolute Gasteiger partial charge is 0.0744 e. The van der Waals surface area contributed by atoms with Gasteiger partial charge in [-0.15, -0.1) is 11.8 Å². The van der Waals surface area contributed by atoms with Gasteiger partial charge < -0.3 is 10.1 Å². The molecule has 0 unspecified atom stereocenters. The summed E-state index contributed by atoms with van der Waals surface area (Å²) >= 11 is 5.33. The fourth-order valence-corrected chi connectivity index (χ4v) is 2.84. The maximum atomic E-state index is 5.26. The lowest BCUT2D eigenvalue weighted by molar-refractivity contribution is 0.185. The van der Waals surface area contributed by atoms with Gasteiger partial charge in [-0.25, -0.2) is 0 Å². The molecule has 0 spiro atoms. The van der Waals surface area contributed by atoms with Crippen LogP contribution < -0.4 is 5.32 Å². The van der Waals surface area contributed by atoms with Crippen LogP contribution in [0.2, 0.25) is 0 Å². The summed E-state index contributed by atoms with van der Waals surface area (Å²) in [5, 5.41) is 3.48. The van der Waals surface area contributed by atoms with Gasteiger partial charge in [-0.05, 0) is 36.1 Å². The van der Waals surface area contributed by atoms with E-state index in [1.54, 1.807) is 18.9 Å². The van der Waals surface area contributed by atoms with Crippen molar-refractivity contribution < 1.29 is 4.74 Å². The predicted octanol–water partition coefficient (Wildman–Crippen LogP) is 4.93. The Morgan fingerprint density at radius 2 is 1.90 bits per heavy atom. The topological polar surface area (TPSA) is 21.3 Å². The van der Waals surface area contributed by atoms with Crippen molar-refractivity contribution in [3.63, 3.8) is 0 Å². The molecule has 0 amide bonds. The molecule has 0 aliphatic carbocycles. The quantitative estimate of drug-likeness (QED) is 0.745. The van der Waals surface area contributed by atoms with E-state index in [-0.39, 0.29) is 0 Å². The van der Waals surface area contributed by atoms with Crippen LogP contribution in [0.15, 0.2) is 51.8 Å². The summed E-state index contributed by atoms with van der Waals surface area (Å²) in [6.07, 6.45) is 2.09. The minimum atomic E-state index is 0.592. The van der Waals surface area contributed by atoms with E-state index in [2.05, 4.69) is 57.8 Å². The van der Waals surface area contributed by atoms with Crippen molar-refractivity contribution in [3.8, 4) is 0 Å². The molecule has 2 nitrogen and oxygen atoms in total. The Balaban J connectivity index is 2.08. The molecule has 0 atom stereocenters. The SMILES string of the molecule is COCc1c(Br)cccc1NCc1ccc(SC)cc1. The third kappa shape index (κ3) is 4.01. The average molecular weight is 352 g/mol. The van der Waals surface area contributed by atoms with Crippen LogP contribution in [0.1, 0.15) is 11.1 Å². The third-order valence-corrected chi connectivity index (χ3v) is 4.54. The summed E-state index contributed by atoms with van der Waals surface area (Å²) in [5.41, 5.74) is 3.53. The number of nitrogens with one attached hydrogen (secondary N) is 1. The molecule has 2 aromatic rings. The molecule has 0 bridgehead atoms. The van der Waals surface area contributed by atoms with Gasteiger partial charge in [0, 0.05) is 34.3 Å². The fraction of sp³-hybridized carbons (Fsp3) is 0.250. The lowest BCUT2D eigenvalue weighted by atomic mass is 10.1. The minimum absolute atomic E-state index is 0.592. The number of hydrogen-bond donors (Lipinski definition) is 1. The summed E-state index contributed by atoms with van der Waals surface area (Å²) in [6.45, 7) is 1.40. The molecule has 0 saturated heterocycles. The predicted molar refractivity (Wildman–Crippen MR) is 90.4 cm³/mol.